The van der Waals surface area contributed by atoms with Gasteiger partial charge in [0.05, 0.1) is 24.7 Å². The summed E-state index contributed by atoms with van der Waals surface area (Å²) in [6, 6.07) is 21.8. The summed E-state index contributed by atoms with van der Waals surface area (Å²) in [5, 5.41) is 22.6. The van der Waals surface area contributed by atoms with E-state index in [1.807, 2.05) is 36.4 Å². The predicted octanol–water partition coefficient (Wildman–Crippen LogP) is 3.50. The van der Waals surface area contributed by atoms with Gasteiger partial charge in [-0.05, 0) is 42.5 Å². The standard InChI is InChI=1S/C20H17N5O2/c21-14-15-5-4-6-16(13-15)22-18-9-10-19(25-24-18)23-20(26)11-12-27-17-7-2-1-3-8-17/h1-10,13H,11-12H2,(H,22,24)(H,23,25,26). The van der Waals surface area contributed by atoms with Gasteiger partial charge in [-0.1, -0.05) is 24.3 Å². The first-order chi connectivity index (χ1) is 13.2. The van der Waals surface area contributed by atoms with Crippen LogP contribution in [-0.2, 0) is 4.79 Å². The minimum atomic E-state index is -0.206. The SMILES string of the molecule is N#Cc1cccc(Nc2ccc(NC(=O)CCOc3ccccc3)nn2)c1. The van der Waals surface area contributed by atoms with Gasteiger partial charge in [0.2, 0.25) is 5.91 Å². The van der Waals surface area contributed by atoms with Gasteiger partial charge in [0.15, 0.2) is 11.6 Å². The molecule has 0 saturated heterocycles. The molecule has 0 spiro atoms. The summed E-state index contributed by atoms with van der Waals surface area (Å²) in [6.07, 6.45) is 0.206. The van der Waals surface area contributed by atoms with Crippen LogP contribution >= 0.6 is 0 Å². The van der Waals surface area contributed by atoms with Gasteiger partial charge >= 0.3 is 0 Å². The zero-order valence-electron chi connectivity index (χ0n) is 14.4. The second kappa shape index (κ2) is 8.97. The number of carbonyl (C=O) groups is 1. The number of nitriles is 1. The fourth-order valence-corrected chi connectivity index (χ4v) is 2.26. The van der Waals surface area contributed by atoms with E-state index < -0.39 is 0 Å². The molecule has 7 nitrogen and oxygen atoms in total. The number of ether oxygens (including phenoxy) is 1. The van der Waals surface area contributed by atoms with Crippen LogP contribution in [0.4, 0.5) is 17.3 Å². The summed E-state index contributed by atoms with van der Waals surface area (Å²) < 4.78 is 5.49. The van der Waals surface area contributed by atoms with Crippen LogP contribution in [0.15, 0.2) is 66.7 Å². The van der Waals surface area contributed by atoms with Crippen molar-refractivity contribution in [2.24, 2.45) is 0 Å². The molecular formula is C20H17N5O2. The number of benzene rings is 2. The van der Waals surface area contributed by atoms with E-state index in [0.29, 0.717) is 17.2 Å². The topological polar surface area (TPSA) is 99.9 Å². The maximum Gasteiger partial charge on any atom is 0.229 e. The van der Waals surface area contributed by atoms with Crippen molar-refractivity contribution >= 4 is 23.2 Å². The summed E-state index contributed by atoms with van der Waals surface area (Å²) in [5.41, 5.74) is 1.28. The molecule has 0 unspecified atom stereocenters. The Morgan fingerprint density at radius 1 is 1.00 bits per heavy atom. The largest absolute Gasteiger partial charge is 0.493 e. The highest BCUT2D eigenvalue weighted by Gasteiger charge is 2.05. The van der Waals surface area contributed by atoms with Crippen molar-refractivity contribution in [2.75, 3.05) is 17.2 Å². The summed E-state index contributed by atoms with van der Waals surface area (Å²) in [7, 11) is 0. The van der Waals surface area contributed by atoms with Crippen LogP contribution in [0.25, 0.3) is 0 Å². The predicted molar refractivity (Wildman–Crippen MR) is 102 cm³/mol. The Balaban J connectivity index is 1.48. The molecule has 0 aliphatic heterocycles. The lowest BCUT2D eigenvalue weighted by molar-refractivity contribution is -0.116. The number of carbonyl (C=O) groups excluding carboxylic acids is 1. The smallest absolute Gasteiger partial charge is 0.229 e. The van der Waals surface area contributed by atoms with Crippen molar-refractivity contribution in [1.29, 1.82) is 5.26 Å². The van der Waals surface area contributed by atoms with Gasteiger partial charge in [-0.3, -0.25) is 4.79 Å². The number of rotatable bonds is 7. The van der Waals surface area contributed by atoms with Crippen molar-refractivity contribution < 1.29 is 9.53 Å². The minimum Gasteiger partial charge on any atom is -0.493 e. The van der Waals surface area contributed by atoms with Crippen LogP contribution < -0.4 is 15.4 Å². The second-order valence-corrected chi connectivity index (χ2v) is 5.58. The first-order valence-electron chi connectivity index (χ1n) is 8.31. The molecular weight excluding hydrogens is 342 g/mol. The number of aromatic nitrogens is 2. The molecule has 1 aromatic heterocycles. The molecule has 0 aliphatic rings. The third kappa shape index (κ3) is 5.54. The van der Waals surface area contributed by atoms with Crippen molar-refractivity contribution in [3.8, 4) is 11.8 Å². The Morgan fingerprint density at radius 3 is 2.52 bits per heavy atom. The number of hydrogen-bond acceptors (Lipinski definition) is 6. The highest BCUT2D eigenvalue weighted by molar-refractivity contribution is 5.89. The molecule has 7 heteroatoms. The highest BCUT2D eigenvalue weighted by Crippen LogP contribution is 2.16. The first kappa shape index (κ1) is 17.9. The fraction of sp³-hybridized carbons (Fsp3) is 0.100. The van der Waals surface area contributed by atoms with Gasteiger partial charge in [-0.2, -0.15) is 5.26 Å². The molecule has 0 radical (unpaired) electrons. The zero-order valence-corrected chi connectivity index (χ0v) is 14.4. The van der Waals surface area contributed by atoms with Crippen molar-refractivity contribution in [1.82, 2.24) is 10.2 Å². The molecule has 3 rings (SSSR count). The Kier molecular flexibility index (Phi) is 5.94. The van der Waals surface area contributed by atoms with Crippen molar-refractivity contribution in [2.45, 2.75) is 6.42 Å². The summed E-state index contributed by atoms with van der Waals surface area (Å²) in [4.78, 5) is 11.9. The van der Waals surface area contributed by atoms with Crippen LogP contribution in [-0.4, -0.2) is 22.7 Å². The van der Waals surface area contributed by atoms with E-state index in [1.54, 1.807) is 30.3 Å². The molecule has 0 aliphatic carbocycles. The van der Waals surface area contributed by atoms with E-state index in [1.165, 1.54) is 0 Å². The number of para-hydroxylation sites is 1. The Morgan fingerprint density at radius 2 is 1.78 bits per heavy atom. The van der Waals surface area contributed by atoms with E-state index in [4.69, 9.17) is 10.00 Å². The molecule has 0 fully saturated rings. The van der Waals surface area contributed by atoms with Gasteiger partial charge in [0.25, 0.3) is 0 Å². The molecule has 0 atom stereocenters. The Labute approximate surface area is 156 Å². The van der Waals surface area contributed by atoms with Crippen LogP contribution in [0, 0.1) is 11.3 Å². The molecule has 2 N–H and O–H groups in total. The summed E-state index contributed by atoms with van der Waals surface area (Å²) in [6.45, 7) is 0.276. The van der Waals surface area contributed by atoms with E-state index in [0.717, 1.165) is 11.4 Å². The van der Waals surface area contributed by atoms with Crippen LogP contribution in [0.5, 0.6) is 5.75 Å². The molecule has 134 valence electrons. The zero-order chi connectivity index (χ0) is 18.9. The summed E-state index contributed by atoms with van der Waals surface area (Å²) >= 11 is 0. The normalized spacial score (nSPS) is 9.89. The second-order valence-electron chi connectivity index (χ2n) is 5.58. The van der Waals surface area contributed by atoms with Gasteiger partial charge in [-0.25, -0.2) is 0 Å². The lowest BCUT2D eigenvalue weighted by atomic mass is 10.2. The van der Waals surface area contributed by atoms with Gasteiger partial charge < -0.3 is 15.4 Å². The molecule has 1 heterocycles. The molecule has 27 heavy (non-hydrogen) atoms. The van der Waals surface area contributed by atoms with E-state index in [9.17, 15) is 4.79 Å². The maximum absolute atomic E-state index is 11.9. The molecule has 3 aromatic rings. The van der Waals surface area contributed by atoms with Crippen molar-refractivity contribution in [3.63, 3.8) is 0 Å². The van der Waals surface area contributed by atoms with Crippen LogP contribution in [0.3, 0.4) is 0 Å². The van der Waals surface area contributed by atoms with Gasteiger partial charge in [-0.15, -0.1) is 10.2 Å². The molecule has 0 saturated carbocycles. The Hall–Kier alpha value is -3.92. The highest BCUT2D eigenvalue weighted by atomic mass is 16.5. The number of nitrogens with zero attached hydrogens (tertiary/aromatic N) is 3. The van der Waals surface area contributed by atoms with Crippen LogP contribution in [0.2, 0.25) is 0 Å². The third-order valence-corrected chi connectivity index (χ3v) is 3.54. The lowest BCUT2D eigenvalue weighted by Crippen LogP contribution is -2.16. The maximum atomic E-state index is 11.9. The minimum absolute atomic E-state index is 0.206. The molecule has 0 bridgehead atoms. The van der Waals surface area contributed by atoms with Crippen molar-refractivity contribution in [3.05, 3.63) is 72.3 Å². The molecule has 1 amide bonds. The number of anilines is 3. The fourth-order valence-electron chi connectivity index (χ4n) is 2.26. The average molecular weight is 359 g/mol. The van der Waals surface area contributed by atoms with E-state index >= 15 is 0 Å². The number of hydrogen-bond donors (Lipinski definition) is 2. The lowest BCUT2D eigenvalue weighted by Gasteiger charge is -2.08. The van der Waals surface area contributed by atoms with E-state index in [-0.39, 0.29) is 18.9 Å². The monoisotopic (exact) mass is 359 g/mol. The summed E-state index contributed by atoms with van der Waals surface area (Å²) in [5.74, 6) is 1.38. The average Bonchev–Trinajstić information content (AvgIpc) is 2.70. The first-order valence-corrected chi connectivity index (χ1v) is 8.31. The van der Waals surface area contributed by atoms with Gasteiger partial charge in [0.1, 0.15) is 5.75 Å². The molecule has 2 aromatic carbocycles. The van der Waals surface area contributed by atoms with Crippen LogP contribution in [0.1, 0.15) is 12.0 Å². The van der Waals surface area contributed by atoms with Gasteiger partial charge in [0, 0.05) is 5.69 Å². The third-order valence-electron chi connectivity index (χ3n) is 3.54. The number of nitrogens with one attached hydrogen (secondary N) is 2. The number of amides is 1. The quantitative estimate of drug-likeness (QED) is 0.670. The Bertz CT molecular complexity index is 937. The van der Waals surface area contributed by atoms with E-state index in [2.05, 4.69) is 26.9 Å².